The molecule has 1 fully saturated rings. The third-order valence-electron chi connectivity index (χ3n) is 4.31. The molecule has 1 aliphatic rings. The van der Waals surface area contributed by atoms with Crippen LogP contribution in [-0.4, -0.2) is 57.5 Å². The number of nitrogens with zero attached hydrogens (tertiary/aromatic N) is 1. The molecule has 0 radical (unpaired) electrons. The fraction of sp³-hybridized carbons (Fsp3) is 1.00. The summed E-state index contributed by atoms with van der Waals surface area (Å²) >= 11 is 0. The van der Waals surface area contributed by atoms with Crippen LogP contribution in [-0.2, 0) is 9.47 Å². The Morgan fingerprint density at radius 3 is 2.42 bits per heavy atom. The van der Waals surface area contributed by atoms with E-state index in [4.69, 9.17) is 15.2 Å². The Morgan fingerprint density at radius 1 is 1.16 bits per heavy atom. The van der Waals surface area contributed by atoms with Crippen LogP contribution in [0, 0.1) is 5.92 Å². The Bertz CT molecular complexity index is 220. The van der Waals surface area contributed by atoms with Crippen molar-refractivity contribution >= 4 is 0 Å². The zero-order valence-electron chi connectivity index (χ0n) is 12.9. The lowest BCUT2D eigenvalue weighted by molar-refractivity contribution is 0.0651. The summed E-state index contributed by atoms with van der Waals surface area (Å²) in [5.41, 5.74) is 6.43. The van der Waals surface area contributed by atoms with E-state index in [0.717, 1.165) is 26.3 Å². The van der Waals surface area contributed by atoms with Gasteiger partial charge in [-0.05, 0) is 25.7 Å². The third kappa shape index (κ3) is 6.21. The molecule has 0 aliphatic heterocycles. The highest BCUT2D eigenvalue weighted by Gasteiger charge is 2.24. The van der Waals surface area contributed by atoms with Crippen LogP contribution in [0.25, 0.3) is 0 Å². The highest BCUT2D eigenvalue weighted by molar-refractivity contribution is 4.81. The van der Waals surface area contributed by atoms with Crippen molar-refractivity contribution in [1.29, 1.82) is 0 Å². The molecule has 4 heteroatoms. The van der Waals surface area contributed by atoms with Crippen molar-refractivity contribution in [3.8, 4) is 0 Å². The molecule has 2 unspecified atom stereocenters. The van der Waals surface area contributed by atoms with Crippen molar-refractivity contribution in [1.82, 2.24) is 4.90 Å². The van der Waals surface area contributed by atoms with Crippen LogP contribution < -0.4 is 5.73 Å². The Morgan fingerprint density at radius 2 is 1.84 bits per heavy atom. The average molecular weight is 272 g/mol. The van der Waals surface area contributed by atoms with Crippen molar-refractivity contribution < 1.29 is 9.47 Å². The SMILES string of the molecule is COCCN(CC(N)C1CCCCC1)C(C)COC. The summed E-state index contributed by atoms with van der Waals surface area (Å²) in [5.74, 6) is 0.702. The van der Waals surface area contributed by atoms with Crippen molar-refractivity contribution in [2.24, 2.45) is 11.7 Å². The smallest absolute Gasteiger partial charge is 0.0615 e. The van der Waals surface area contributed by atoms with Crippen molar-refractivity contribution in [3.05, 3.63) is 0 Å². The fourth-order valence-electron chi connectivity index (χ4n) is 3.03. The predicted molar refractivity (Wildman–Crippen MR) is 79.3 cm³/mol. The first-order chi connectivity index (χ1) is 9.19. The molecule has 0 bridgehead atoms. The Labute approximate surface area is 118 Å². The molecule has 4 nitrogen and oxygen atoms in total. The van der Waals surface area contributed by atoms with Crippen LogP contribution in [0.15, 0.2) is 0 Å². The summed E-state index contributed by atoms with van der Waals surface area (Å²) in [7, 11) is 3.51. The van der Waals surface area contributed by atoms with Gasteiger partial charge in [-0.3, -0.25) is 4.90 Å². The Hall–Kier alpha value is -0.160. The molecule has 2 N–H and O–H groups in total. The van der Waals surface area contributed by atoms with Gasteiger partial charge in [0.15, 0.2) is 0 Å². The number of methoxy groups -OCH3 is 2. The molecule has 0 heterocycles. The summed E-state index contributed by atoms with van der Waals surface area (Å²) in [6.07, 6.45) is 6.70. The lowest BCUT2D eigenvalue weighted by atomic mass is 9.84. The number of ether oxygens (including phenoxy) is 2. The molecule has 0 amide bonds. The van der Waals surface area contributed by atoms with Crippen LogP contribution >= 0.6 is 0 Å². The van der Waals surface area contributed by atoms with E-state index in [9.17, 15) is 0 Å². The molecule has 2 atom stereocenters. The van der Waals surface area contributed by atoms with Crippen LogP contribution in [0.4, 0.5) is 0 Å². The summed E-state index contributed by atoms with van der Waals surface area (Å²) in [6.45, 7) is 5.60. The van der Waals surface area contributed by atoms with Crippen molar-refractivity contribution in [3.63, 3.8) is 0 Å². The van der Waals surface area contributed by atoms with Gasteiger partial charge < -0.3 is 15.2 Å². The van der Waals surface area contributed by atoms with Crippen LogP contribution in [0.2, 0.25) is 0 Å². The zero-order chi connectivity index (χ0) is 14.1. The molecule has 0 saturated heterocycles. The van der Waals surface area contributed by atoms with E-state index in [1.807, 2.05) is 0 Å². The minimum atomic E-state index is 0.288. The molecule has 0 aromatic rings. The van der Waals surface area contributed by atoms with E-state index in [0.29, 0.717) is 12.0 Å². The van der Waals surface area contributed by atoms with Gasteiger partial charge in [0.1, 0.15) is 0 Å². The second kappa shape index (κ2) is 9.70. The molecule has 0 aromatic heterocycles. The monoisotopic (exact) mass is 272 g/mol. The largest absolute Gasteiger partial charge is 0.383 e. The van der Waals surface area contributed by atoms with Gasteiger partial charge in [0.25, 0.3) is 0 Å². The topological polar surface area (TPSA) is 47.7 Å². The highest BCUT2D eigenvalue weighted by Crippen LogP contribution is 2.26. The molecule has 19 heavy (non-hydrogen) atoms. The Kier molecular flexibility index (Phi) is 8.62. The first-order valence-corrected chi connectivity index (χ1v) is 7.66. The normalized spacial score (nSPS) is 20.7. The third-order valence-corrected chi connectivity index (χ3v) is 4.31. The van der Waals surface area contributed by atoms with E-state index in [1.54, 1.807) is 14.2 Å². The number of nitrogens with two attached hydrogens (primary N) is 1. The van der Waals surface area contributed by atoms with Gasteiger partial charge in [-0.2, -0.15) is 0 Å². The van der Waals surface area contributed by atoms with Crippen LogP contribution in [0.3, 0.4) is 0 Å². The van der Waals surface area contributed by atoms with Gasteiger partial charge in [0, 0.05) is 39.4 Å². The second-order valence-corrected chi connectivity index (χ2v) is 5.85. The standard InChI is InChI=1S/C15H32N2O2/c1-13(12-19-3)17(9-10-18-2)11-15(16)14-7-5-4-6-8-14/h13-15H,4-12,16H2,1-3H3. The number of rotatable bonds is 9. The summed E-state index contributed by atoms with van der Waals surface area (Å²) < 4.78 is 10.5. The fourth-order valence-corrected chi connectivity index (χ4v) is 3.03. The molecular weight excluding hydrogens is 240 g/mol. The van der Waals surface area contributed by atoms with Crippen LogP contribution in [0.1, 0.15) is 39.0 Å². The molecule has 0 spiro atoms. The maximum Gasteiger partial charge on any atom is 0.0615 e. The molecule has 0 aromatic carbocycles. The van der Waals surface area contributed by atoms with E-state index in [2.05, 4.69) is 11.8 Å². The van der Waals surface area contributed by atoms with Crippen molar-refractivity contribution in [2.75, 3.05) is 40.5 Å². The first kappa shape index (κ1) is 16.9. The maximum atomic E-state index is 6.43. The molecule has 1 rings (SSSR count). The molecule has 1 aliphatic carbocycles. The quantitative estimate of drug-likeness (QED) is 0.696. The zero-order valence-corrected chi connectivity index (χ0v) is 12.9. The molecular formula is C15H32N2O2. The first-order valence-electron chi connectivity index (χ1n) is 7.66. The lowest BCUT2D eigenvalue weighted by Gasteiger charge is -2.35. The van der Waals surface area contributed by atoms with Gasteiger partial charge in [0.2, 0.25) is 0 Å². The average Bonchev–Trinajstić information content (AvgIpc) is 2.44. The highest BCUT2D eigenvalue weighted by atomic mass is 16.5. The second-order valence-electron chi connectivity index (χ2n) is 5.85. The van der Waals surface area contributed by atoms with E-state index < -0.39 is 0 Å². The van der Waals surface area contributed by atoms with Gasteiger partial charge in [-0.25, -0.2) is 0 Å². The summed E-state index contributed by atoms with van der Waals surface area (Å²) in [4.78, 5) is 2.41. The minimum absolute atomic E-state index is 0.288. The minimum Gasteiger partial charge on any atom is -0.383 e. The number of hydrogen-bond acceptors (Lipinski definition) is 4. The summed E-state index contributed by atoms with van der Waals surface area (Å²) in [6, 6.07) is 0.686. The van der Waals surface area contributed by atoms with Crippen molar-refractivity contribution in [2.45, 2.75) is 51.1 Å². The van der Waals surface area contributed by atoms with Gasteiger partial charge >= 0.3 is 0 Å². The number of hydrogen-bond donors (Lipinski definition) is 1. The molecule has 114 valence electrons. The van der Waals surface area contributed by atoms with Crippen LogP contribution in [0.5, 0.6) is 0 Å². The molecule has 1 saturated carbocycles. The van der Waals surface area contributed by atoms with E-state index in [-0.39, 0.29) is 6.04 Å². The lowest BCUT2D eigenvalue weighted by Crippen LogP contribution is -2.48. The predicted octanol–water partition coefficient (Wildman–Crippen LogP) is 1.88. The van der Waals surface area contributed by atoms with E-state index >= 15 is 0 Å². The van der Waals surface area contributed by atoms with Gasteiger partial charge in [-0.1, -0.05) is 19.3 Å². The van der Waals surface area contributed by atoms with Gasteiger partial charge in [-0.15, -0.1) is 0 Å². The maximum absolute atomic E-state index is 6.43. The van der Waals surface area contributed by atoms with Gasteiger partial charge in [0.05, 0.1) is 13.2 Å². The summed E-state index contributed by atoms with van der Waals surface area (Å²) in [5, 5.41) is 0. The Balaban J connectivity index is 2.44. The van der Waals surface area contributed by atoms with E-state index in [1.165, 1.54) is 32.1 Å².